The van der Waals surface area contributed by atoms with Crippen LogP contribution in [0.3, 0.4) is 0 Å². The van der Waals surface area contributed by atoms with Gasteiger partial charge in [-0.3, -0.25) is 0 Å². The Morgan fingerprint density at radius 2 is 2.00 bits per heavy atom. The van der Waals surface area contributed by atoms with Crippen molar-refractivity contribution < 1.29 is 14.6 Å². The number of nitrogens with zero attached hydrogens (tertiary/aromatic N) is 1. The van der Waals surface area contributed by atoms with Crippen LogP contribution in [0, 0.1) is 6.92 Å². The van der Waals surface area contributed by atoms with Gasteiger partial charge in [-0.15, -0.1) is 0 Å². The van der Waals surface area contributed by atoms with E-state index in [2.05, 4.69) is 4.98 Å². The lowest BCUT2D eigenvalue weighted by Gasteiger charge is -2.19. The predicted octanol–water partition coefficient (Wildman–Crippen LogP) is 2.73. The van der Waals surface area contributed by atoms with Crippen molar-refractivity contribution in [3.05, 3.63) is 22.3 Å². The third-order valence-electron chi connectivity index (χ3n) is 2.28. The molecule has 0 spiro atoms. The second-order valence-electron chi connectivity index (χ2n) is 4.97. The number of halogens is 1. The van der Waals surface area contributed by atoms with Gasteiger partial charge in [0.25, 0.3) is 0 Å². The Morgan fingerprint density at radius 3 is 2.50 bits per heavy atom. The summed E-state index contributed by atoms with van der Waals surface area (Å²) in [6.45, 7) is 8.54. The average Bonchev–Trinajstić information content (AvgIpc) is 2.23. The first-order valence-electron chi connectivity index (χ1n) is 5.87. The number of rotatable bonds is 5. The zero-order valence-corrected chi connectivity index (χ0v) is 12.0. The van der Waals surface area contributed by atoms with Gasteiger partial charge in [0, 0.05) is 17.3 Å². The molecule has 4 nitrogen and oxygen atoms in total. The van der Waals surface area contributed by atoms with Crippen molar-refractivity contribution >= 4 is 11.6 Å². The van der Waals surface area contributed by atoms with E-state index in [4.69, 9.17) is 26.2 Å². The topological polar surface area (TPSA) is 51.6 Å². The average molecular weight is 274 g/mol. The summed E-state index contributed by atoms with van der Waals surface area (Å²) < 4.78 is 11.0. The Kier molecular flexibility index (Phi) is 5.38. The van der Waals surface area contributed by atoms with Gasteiger partial charge in [-0.2, -0.15) is 0 Å². The first-order valence-corrected chi connectivity index (χ1v) is 6.25. The van der Waals surface area contributed by atoms with E-state index >= 15 is 0 Å². The Bertz CT molecular complexity index is 379. The van der Waals surface area contributed by atoms with Crippen LogP contribution in [0.4, 0.5) is 0 Å². The maximum Gasteiger partial charge on any atom is 0.215 e. The Labute approximate surface area is 113 Å². The molecule has 0 aliphatic carbocycles. The van der Waals surface area contributed by atoms with Gasteiger partial charge < -0.3 is 14.6 Å². The van der Waals surface area contributed by atoms with Crippen LogP contribution in [0.1, 0.15) is 32.0 Å². The lowest BCUT2D eigenvalue weighted by atomic mass is 10.2. The van der Waals surface area contributed by atoms with Crippen molar-refractivity contribution in [1.29, 1.82) is 0 Å². The number of hydrogen-bond acceptors (Lipinski definition) is 4. The number of ether oxygens (including phenoxy) is 2. The molecular weight excluding hydrogens is 254 g/mol. The molecule has 0 saturated heterocycles. The minimum absolute atomic E-state index is 0.120. The van der Waals surface area contributed by atoms with E-state index in [0.717, 1.165) is 0 Å². The molecule has 1 rings (SSSR count). The van der Waals surface area contributed by atoms with Crippen molar-refractivity contribution in [2.24, 2.45) is 0 Å². The SMILES string of the molecule is Cc1nc(OCCOC(C)(C)C)cc(Cl)c1CO. The van der Waals surface area contributed by atoms with Crippen LogP contribution in [0.25, 0.3) is 0 Å². The molecule has 0 amide bonds. The fourth-order valence-corrected chi connectivity index (χ4v) is 1.68. The standard InChI is InChI=1S/C13H20ClNO3/c1-9-10(8-16)11(14)7-12(15-9)17-5-6-18-13(2,3)4/h7,16H,5-6,8H2,1-4H3. The molecule has 5 heteroatoms. The summed E-state index contributed by atoms with van der Waals surface area (Å²) in [4.78, 5) is 4.22. The largest absolute Gasteiger partial charge is 0.475 e. The van der Waals surface area contributed by atoms with Crippen LogP contribution < -0.4 is 4.74 Å². The van der Waals surface area contributed by atoms with E-state index in [1.807, 2.05) is 20.8 Å². The zero-order valence-electron chi connectivity index (χ0n) is 11.3. The van der Waals surface area contributed by atoms with Gasteiger partial charge in [0.2, 0.25) is 5.88 Å². The monoisotopic (exact) mass is 273 g/mol. The summed E-state index contributed by atoms with van der Waals surface area (Å²) in [5.41, 5.74) is 1.14. The molecule has 0 radical (unpaired) electrons. The molecule has 0 aromatic carbocycles. The van der Waals surface area contributed by atoms with Crippen molar-refractivity contribution in [2.45, 2.75) is 39.9 Å². The molecule has 0 unspecified atom stereocenters. The molecule has 0 aliphatic heterocycles. The van der Waals surface area contributed by atoms with Crippen molar-refractivity contribution in [1.82, 2.24) is 4.98 Å². The Hall–Kier alpha value is -0.840. The number of aryl methyl sites for hydroxylation is 1. The highest BCUT2D eigenvalue weighted by molar-refractivity contribution is 6.31. The maximum atomic E-state index is 9.11. The van der Waals surface area contributed by atoms with Crippen LogP contribution in [0.5, 0.6) is 5.88 Å². The van der Waals surface area contributed by atoms with Crippen molar-refractivity contribution in [3.8, 4) is 5.88 Å². The Morgan fingerprint density at radius 1 is 1.33 bits per heavy atom. The maximum absolute atomic E-state index is 9.11. The van der Waals surface area contributed by atoms with Crippen LogP contribution in [0.15, 0.2) is 6.07 Å². The number of aromatic nitrogens is 1. The van der Waals surface area contributed by atoms with Gasteiger partial charge in [0.15, 0.2) is 0 Å². The van der Waals surface area contributed by atoms with Gasteiger partial charge in [-0.1, -0.05) is 11.6 Å². The molecule has 1 aromatic heterocycles. The summed E-state index contributed by atoms with van der Waals surface area (Å²) >= 11 is 6.01. The normalized spacial score (nSPS) is 11.7. The third-order valence-corrected chi connectivity index (χ3v) is 2.62. The number of hydrogen-bond donors (Lipinski definition) is 1. The first-order chi connectivity index (χ1) is 8.33. The van der Waals surface area contributed by atoms with Crippen molar-refractivity contribution in [3.63, 3.8) is 0 Å². The van der Waals surface area contributed by atoms with E-state index in [1.165, 1.54) is 0 Å². The third kappa shape index (κ3) is 4.80. The van der Waals surface area contributed by atoms with Gasteiger partial charge in [0.05, 0.1) is 23.8 Å². The van der Waals surface area contributed by atoms with Crippen LogP contribution >= 0.6 is 11.6 Å². The van der Waals surface area contributed by atoms with Crippen LogP contribution in [0.2, 0.25) is 5.02 Å². The summed E-state index contributed by atoms with van der Waals surface area (Å²) in [5.74, 6) is 0.451. The first kappa shape index (κ1) is 15.2. The number of aliphatic hydroxyl groups excluding tert-OH is 1. The molecule has 0 saturated carbocycles. The smallest absolute Gasteiger partial charge is 0.215 e. The van der Waals surface area contributed by atoms with Gasteiger partial charge in [-0.25, -0.2) is 4.98 Å². The van der Waals surface area contributed by atoms with Crippen LogP contribution in [-0.4, -0.2) is 28.9 Å². The molecule has 18 heavy (non-hydrogen) atoms. The lowest BCUT2D eigenvalue weighted by Crippen LogP contribution is -2.22. The molecule has 0 bridgehead atoms. The lowest BCUT2D eigenvalue weighted by molar-refractivity contribution is -0.0168. The summed E-state index contributed by atoms with van der Waals surface area (Å²) in [6.07, 6.45) is 0. The quantitative estimate of drug-likeness (QED) is 0.838. The molecule has 1 aromatic rings. The molecular formula is C13H20ClNO3. The predicted molar refractivity (Wildman–Crippen MR) is 71.1 cm³/mol. The molecule has 0 fully saturated rings. The number of aliphatic hydroxyl groups is 1. The molecule has 0 aliphatic rings. The fraction of sp³-hybridized carbons (Fsp3) is 0.615. The molecule has 0 atom stereocenters. The minimum Gasteiger partial charge on any atom is -0.475 e. The van der Waals surface area contributed by atoms with Gasteiger partial charge in [-0.05, 0) is 27.7 Å². The summed E-state index contributed by atoms with van der Waals surface area (Å²) in [6, 6.07) is 1.61. The molecule has 1 N–H and O–H groups in total. The van der Waals surface area contributed by atoms with Gasteiger partial charge in [0.1, 0.15) is 6.61 Å². The van der Waals surface area contributed by atoms with E-state index in [0.29, 0.717) is 35.4 Å². The van der Waals surface area contributed by atoms with Crippen molar-refractivity contribution in [2.75, 3.05) is 13.2 Å². The zero-order chi connectivity index (χ0) is 13.8. The second kappa shape index (κ2) is 6.36. The van der Waals surface area contributed by atoms with Crippen LogP contribution in [-0.2, 0) is 11.3 Å². The van der Waals surface area contributed by atoms with E-state index in [-0.39, 0.29) is 12.2 Å². The summed E-state index contributed by atoms with van der Waals surface area (Å²) in [7, 11) is 0. The highest BCUT2D eigenvalue weighted by Gasteiger charge is 2.11. The highest BCUT2D eigenvalue weighted by Crippen LogP contribution is 2.23. The summed E-state index contributed by atoms with van der Waals surface area (Å²) in [5, 5.41) is 9.58. The minimum atomic E-state index is -0.175. The fourth-order valence-electron chi connectivity index (χ4n) is 1.39. The number of pyridine rings is 1. The Balaban J connectivity index is 2.54. The van der Waals surface area contributed by atoms with Gasteiger partial charge >= 0.3 is 0 Å². The van der Waals surface area contributed by atoms with E-state index in [1.54, 1.807) is 13.0 Å². The highest BCUT2D eigenvalue weighted by atomic mass is 35.5. The molecule has 1 heterocycles. The van der Waals surface area contributed by atoms with E-state index in [9.17, 15) is 0 Å². The van der Waals surface area contributed by atoms with E-state index < -0.39 is 0 Å². The second-order valence-corrected chi connectivity index (χ2v) is 5.38. The molecule has 102 valence electrons.